The van der Waals surface area contributed by atoms with Crippen LogP contribution in [0.3, 0.4) is 0 Å². The molecule has 1 amide bonds. The molecule has 1 heterocycles. The van der Waals surface area contributed by atoms with Crippen LogP contribution >= 0.6 is 0 Å². The molecule has 5 aromatic rings. The number of aromatic nitrogens is 2. The molecule has 6 heteroatoms. The molecule has 4 aromatic carbocycles. The van der Waals surface area contributed by atoms with Gasteiger partial charge in [0.15, 0.2) is 5.82 Å². The number of nitrogens with one attached hydrogen (secondary N) is 1. The predicted molar refractivity (Wildman–Crippen MR) is 150 cm³/mol. The van der Waals surface area contributed by atoms with Gasteiger partial charge in [-0.1, -0.05) is 72.8 Å². The van der Waals surface area contributed by atoms with Gasteiger partial charge in [0.2, 0.25) is 5.91 Å². The first kappa shape index (κ1) is 25.1. The number of para-hydroxylation sites is 1. The summed E-state index contributed by atoms with van der Waals surface area (Å²) in [7, 11) is 0. The molecule has 1 aromatic heterocycles. The first-order valence-corrected chi connectivity index (χ1v) is 12.7. The quantitative estimate of drug-likeness (QED) is 0.242. The van der Waals surface area contributed by atoms with Crippen molar-refractivity contribution in [2.24, 2.45) is 0 Å². The van der Waals surface area contributed by atoms with E-state index in [-0.39, 0.29) is 17.8 Å². The van der Waals surface area contributed by atoms with E-state index in [1.807, 2.05) is 79.7 Å². The number of carbonyl (C=O) groups excluding carboxylic acids is 1. The first-order valence-electron chi connectivity index (χ1n) is 12.7. The zero-order chi connectivity index (χ0) is 26.3. The second kappa shape index (κ2) is 11.6. The maximum atomic E-state index is 13.6. The van der Waals surface area contributed by atoms with Crippen LogP contribution in [-0.4, -0.2) is 22.4 Å². The molecule has 38 heavy (non-hydrogen) atoms. The lowest BCUT2D eigenvalue weighted by atomic mass is 10.1. The van der Waals surface area contributed by atoms with E-state index in [0.29, 0.717) is 25.3 Å². The van der Waals surface area contributed by atoms with Gasteiger partial charge in [-0.05, 0) is 54.4 Å². The number of hydrogen-bond acceptors (Lipinski definition) is 4. The highest BCUT2D eigenvalue weighted by atomic mass is 19.1. The number of anilines is 1. The van der Waals surface area contributed by atoms with Gasteiger partial charge in [-0.2, -0.15) is 0 Å². The number of rotatable bonds is 9. The van der Waals surface area contributed by atoms with E-state index in [9.17, 15) is 9.18 Å². The third-order valence-corrected chi connectivity index (χ3v) is 6.49. The minimum absolute atomic E-state index is 0.0310. The number of fused-ring (bicyclic) bond motifs is 1. The van der Waals surface area contributed by atoms with Crippen molar-refractivity contribution in [3.05, 3.63) is 126 Å². The molecule has 5 nitrogen and oxygen atoms in total. The summed E-state index contributed by atoms with van der Waals surface area (Å²) in [6, 6.07) is 34.0. The normalized spacial score (nSPS) is 11.7. The van der Waals surface area contributed by atoms with Crippen LogP contribution in [0.25, 0.3) is 22.3 Å². The van der Waals surface area contributed by atoms with Crippen LogP contribution in [0.1, 0.15) is 30.5 Å². The number of amides is 1. The fourth-order valence-corrected chi connectivity index (χ4v) is 4.47. The van der Waals surface area contributed by atoms with Crippen LogP contribution in [0.2, 0.25) is 0 Å². The van der Waals surface area contributed by atoms with E-state index < -0.39 is 0 Å². The van der Waals surface area contributed by atoms with Gasteiger partial charge in [-0.25, -0.2) is 14.4 Å². The monoisotopic (exact) mass is 504 g/mol. The third kappa shape index (κ3) is 6.03. The lowest BCUT2D eigenvalue weighted by Gasteiger charge is -2.26. The SMILES string of the molecule is CC(NC(=O)CCN(Cc1ccccc1)c1nc(-c2ccc(F)cc2)nc2ccccc12)c1ccccc1. The lowest BCUT2D eigenvalue weighted by molar-refractivity contribution is -0.121. The maximum Gasteiger partial charge on any atom is 0.222 e. The average molecular weight is 505 g/mol. The molecule has 0 radical (unpaired) electrons. The maximum absolute atomic E-state index is 13.6. The highest BCUT2D eigenvalue weighted by Gasteiger charge is 2.18. The van der Waals surface area contributed by atoms with Crippen molar-refractivity contribution in [3.63, 3.8) is 0 Å². The van der Waals surface area contributed by atoms with Crippen molar-refractivity contribution < 1.29 is 9.18 Å². The van der Waals surface area contributed by atoms with E-state index >= 15 is 0 Å². The van der Waals surface area contributed by atoms with Gasteiger partial charge in [0.1, 0.15) is 11.6 Å². The molecule has 0 saturated carbocycles. The highest BCUT2D eigenvalue weighted by Crippen LogP contribution is 2.29. The molecule has 1 atom stereocenters. The zero-order valence-electron chi connectivity index (χ0n) is 21.2. The van der Waals surface area contributed by atoms with Crippen molar-refractivity contribution in [2.45, 2.75) is 25.9 Å². The molecule has 0 bridgehead atoms. The van der Waals surface area contributed by atoms with Crippen LogP contribution in [0.15, 0.2) is 109 Å². The van der Waals surface area contributed by atoms with Crippen LogP contribution in [0.5, 0.6) is 0 Å². The number of carbonyl (C=O) groups is 1. The van der Waals surface area contributed by atoms with Gasteiger partial charge in [0.05, 0.1) is 11.6 Å². The Morgan fingerprint density at radius 2 is 1.50 bits per heavy atom. The summed E-state index contributed by atoms with van der Waals surface area (Å²) in [4.78, 5) is 24.8. The van der Waals surface area contributed by atoms with E-state index in [2.05, 4.69) is 22.3 Å². The summed E-state index contributed by atoms with van der Waals surface area (Å²) in [6.07, 6.45) is 0.300. The zero-order valence-corrected chi connectivity index (χ0v) is 21.2. The summed E-state index contributed by atoms with van der Waals surface area (Å²) in [5.74, 6) is 0.911. The molecule has 5 rings (SSSR count). The van der Waals surface area contributed by atoms with Crippen molar-refractivity contribution in [3.8, 4) is 11.4 Å². The molecule has 0 fully saturated rings. The predicted octanol–water partition coefficient (Wildman–Crippen LogP) is 6.71. The number of halogens is 1. The van der Waals surface area contributed by atoms with Gasteiger partial charge >= 0.3 is 0 Å². The standard InChI is InChI=1S/C32H29FN4O/c1-23(25-12-6-3-7-13-25)34-30(38)20-21-37(22-24-10-4-2-5-11-24)32-28-14-8-9-15-29(28)35-31(36-32)26-16-18-27(33)19-17-26/h2-19,23H,20-22H2,1H3,(H,34,38). The number of benzene rings is 4. The van der Waals surface area contributed by atoms with Crippen LogP contribution < -0.4 is 10.2 Å². The largest absolute Gasteiger partial charge is 0.351 e. The summed E-state index contributed by atoms with van der Waals surface area (Å²) < 4.78 is 13.6. The Kier molecular flexibility index (Phi) is 7.69. The van der Waals surface area contributed by atoms with E-state index in [1.165, 1.54) is 12.1 Å². The van der Waals surface area contributed by atoms with Gasteiger partial charge in [-0.15, -0.1) is 0 Å². The third-order valence-electron chi connectivity index (χ3n) is 6.49. The molecule has 1 unspecified atom stereocenters. The Hall–Kier alpha value is -4.58. The van der Waals surface area contributed by atoms with Gasteiger partial charge in [0, 0.05) is 30.5 Å². The van der Waals surface area contributed by atoms with E-state index in [4.69, 9.17) is 9.97 Å². The molecular weight excluding hydrogens is 475 g/mol. The van der Waals surface area contributed by atoms with Gasteiger partial charge in [-0.3, -0.25) is 4.79 Å². The number of hydrogen-bond donors (Lipinski definition) is 1. The Morgan fingerprint density at radius 3 is 2.24 bits per heavy atom. The molecule has 0 saturated heterocycles. The van der Waals surface area contributed by atoms with Crippen molar-refractivity contribution >= 4 is 22.6 Å². The van der Waals surface area contributed by atoms with Gasteiger partial charge < -0.3 is 10.2 Å². The van der Waals surface area contributed by atoms with E-state index in [1.54, 1.807) is 12.1 Å². The fraction of sp³-hybridized carbons (Fsp3) is 0.156. The molecule has 0 aliphatic heterocycles. The highest BCUT2D eigenvalue weighted by molar-refractivity contribution is 5.91. The lowest BCUT2D eigenvalue weighted by Crippen LogP contribution is -2.32. The Morgan fingerprint density at radius 1 is 0.842 bits per heavy atom. The summed E-state index contributed by atoms with van der Waals surface area (Å²) in [5, 5.41) is 4.01. The Balaban J connectivity index is 1.46. The Labute approximate surface area is 222 Å². The summed E-state index contributed by atoms with van der Waals surface area (Å²) in [5.41, 5.74) is 3.69. The summed E-state index contributed by atoms with van der Waals surface area (Å²) >= 11 is 0. The first-order chi connectivity index (χ1) is 18.6. The fourth-order valence-electron chi connectivity index (χ4n) is 4.47. The van der Waals surface area contributed by atoms with Crippen molar-refractivity contribution in [2.75, 3.05) is 11.4 Å². The Bertz CT molecular complexity index is 1510. The topological polar surface area (TPSA) is 58.1 Å². The van der Waals surface area contributed by atoms with Crippen molar-refractivity contribution in [1.29, 1.82) is 0 Å². The second-order valence-electron chi connectivity index (χ2n) is 9.25. The van der Waals surface area contributed by atoms with Crippen LogP contribution in [-0.2, 0) is 11.3 Å². The van der Waals surface area contributed by atoms with Crippen LogP contribution in [0.4, 0.5) is 10.2 Å². The summed E-state index contributed by atoms with van der Waals surface area (Å²) in [6.45, 7) is 3.03. The second-order valence-corrected chi connectivity index (χ2v) is 9.25. The minimum Gasteiger partial charge on any atom is -0.351 e. The van der Waals surface area contributed by atoms with E-state index in [0.717, 1.165) is 33.4 Å². The average Bonchev–Trinajstić information content (AvgIpc) is 2.96. The number of nitrogens with zero attached hydrogens (tertiary/aromatic N) is 3. The molecule has 190 valence electrons. The molecule has 0 aliphatic carbocycles. The van der Waals surface area contributed by atoms with Crippen LogP contribution in [0, 0.1) is 5.82 Å². The van der Waals surface area contributed by atoms with Crippen molar-refractivity contribution in [1.82, 2.24) is 15.3 Å². The molecule has 0 spiro atoms. The minimum atomic E-state index is -0.309. The molecule has 1 N–H and O–H groups in total. The molecular formula is C32H29FN4O. The smallest absolute Gasteiger partial charge is 0.222 e. The molecule has 0 aliphatic rings. The van der Waals surface area contributed by atoms with Gasteiger partial charge in [0.25, 0.3) is 0 Å².